The number of nitrogens with zero attached hydrogens (tertiary/aromatic N) is 4. The lowest BCUT2D eigenvalue weighted by atomic mass is 10.3. The summed E-state index contributed by atoms with van der Waals surface area (Å²) >= 11 is 3.36. The van der Waals surface area contributed by atoms with E-state index in [9.17, 15) is 0 Å². The minimum absolute atomic E-state index is 0.102. The van der Waals surface area contributed by atoms with Gasteiger partial charge in [-0.15, -0.1) is 0 Å². The summed E-state index contributed by atoms with van der Waals surface area (Å²) in [5, 5.41) is 10.8. The van der Waals surface area contributed by atoms with E-state index in [1.54, 1.807) is 0 Å². The fraction of sp³-hybridized carbons (Fsp3) is 0.0909. The minimum Gasteiger partial charge on any atom is -0.484 e. The Morgan fingerprint density at radius 2 is 2.15 bits per heavy atom. The molecule has 0 saturated carbocycles. The number of halogens is 1. The molecule has 0 aliphatic carbocycles. The SMILES string of the molecule is Nc1nonc1-c1noc(COc2cccc(Br)c2)n1. The van der Waals surface area contributed by atoms with Crippen LogP contribution in [-0.4, -0.2) is 20.5 Å². The molecule has 2 heterocycles. The lowest BCUT2D eigenvalue weighted by Gasteiger charge is -2.02. The molecule has 0 spiro atoms. The van der Waals surface area contributed by atoms with E-state index in [0.29, 0.717) is 11.6 Å². The fourth-order valence-electron chi connectivity index (χ4n) is 1.46. The lowest BCUT2D eigenvalue weighted by Crippen LogP contribution is -1.96. The van der Waals surface area contributed by atoms with E-state index < -0.39 is 0 Å². The van der Waals surface area contributed by atoms with Crippen LogP contribution in [0.3, 0.4) is 0 Å². The average molecular weight is 338 g/mol. The van der Waals surface area contributed by atoms with Gasteiger partial charge >= 0.3 is 0 Å². The largest absolute Gasteiger partial charge is 0.484 e. The molecule has 0 aliphatic rings. The van der Waals surface area contributed by atoms with Crippen LogP contribution in [0, 0.1) is 0 Å². The predicted molar refractivity (Wildman–Crippen MR) is 70.5 cm³/mol. The van der Waals surface area contributed by atoms with Crippen LogP contribution in [0.5, 0.6) is 5.75 Å². The van der Waals surface area contributed by atoms with Gasteiger partial charge in [-0.2, -0.15) is 4.98 Å². The molecule has 2 N–H and O–H groups in total. The molecule has 20 heavy (non-hydrogen) atoms. The van der Waals surface area contributed by atoms with E-state index in [1.165, 1.54) is 0 Å². The highest BCUT2D eigenvalue weighted by Gasteiger charge is 2.16. The zero-order valence-corrected chi connectivity index (χ0v) is 11.6. The molecule has 0 aliphatic heterocycles. The Labute approximate surface area is 121 Å². The van der Waals surface area contributed by atoms with Crippen LogP contribution in [0.25, 0.3) is 11.5 Å². The van der Waals surface area contributed by atoms with Crippen LogP contribution in [0.1, 0.15) is 5.89 Å². The molecular formula is C11H8BrN5O3. The topological polar surface area (TPSA) is 113 Å². The maximum absolute atomic E-state index is 5.54. The number of benzene rings is 1. The Kier molecular flexibility index (Phi) is 3.33. The highest BCUT2D eigenvalue weighted by atomic mass is 79.9. The van der Waals surface area contributed by atoms with Crippen molar-refractivity contribution in [3.05, 3.63) is 34.6 Å². The van der Waals surface area contributed by atoms with Crippen molar-refractivity contribution < 1.29 is 13.9 Å². The number of anilines is 1. The number of rotatable bonds is 4. The second kappa shape index (κ2) is 5.29. The zero-order chi connectivity index (χ0) is 13.9. The summed E-state index contributed by atoms with van der Waals surface area (Å²) in [6, 6.07) is 7.41. The Morgan fingerprint density at radius 1 is 1.25 bits per heavy atom. The highest BCUT2D eigenvalue weighted by Crippen LogP contribution is 2.20. The van der Waals surface area contributed by atoms with Gasteiger partial charge in [-0.25, -0.2) is 4.63 Å². The smallest absolute Gasteiger partial charge is 0.264 e. The van der Waals surface area contributed by atoms with Crippen molar-refractivity contribution >= 4 is 21.7 Å². The van der Waals surface area contributed by atoms with Crippen molar-refractivity contribution in [1.29, 1.82) is 0 Å². The average Bonchev–Trinajstić information content (AvgIpc) is 3.05. The number of aromatic nitrogens is 4. The molecule has 9 heteroatoms. The standard InChI is InChI=1S/C11H8BrN5O3/c12-6-2-1-3-7(4-6)18-5-8-14-11(17-19-8)9-10(13)16-20-15-9/h1-4H,5H2,(H2,13,16). The summed E-state index contributed by atoms with van der Waals surface area (Å²) in [6.07, 6.45) is 0. The Hall–Kier alpha value is -2.42. The molecule has 0 atom stereocenters. The molecule has 0 bridgehead atoms. The maximum Gasteiger partial charge on any atom is 0.264 e. The first kappa shape index (κ1) is 12.6. The zero-order valence-electron chi connectivity index (χ0n) is 9.99. The maximum atomic E-state index is 5.54. The predicted octanol–water partition coefficient (Wildman–Crippen LogP) is 2.04. The van der Waals surface area contributed by atoms with Gasteiger partial charge in [0, 0.05) is 4.47 Å². The number of ether oxygens (including phenoxy) is 1. The van der Waals surface area contributed by atoms with Crippen LogP contribution in [0.15, 0.2) is 37.9 Å². The Bertz CT molecular complexity index is 726. The van der Waals surface area contributed by atoms with Crippen molar-refractivity contribution in [3.8, 4) is 17.3 Å². The first-order valence-electron chi connectivity index (χ1n) is 5.52. The third-order valence-corrected chi connectivity index (χ3v) is 2.85. The van der Waals surface area contributed by atoms with E-state index in [-0.39, 0.29) is 23.9 Å². The van der Waals surface area contributed by atoms with Crippen molar-refractivity contribution in [3.63, 3.8) is 0 Å². The second-order valence-electron chi connectivity index (χ2n) is 3.76. The molecule has 0 radical (unpaired) electrons. The summed E-state index contributed by atoms with van der Waals surface area (Å²) in [4.78, 5) is 4.09. The summed E-state index contributed by atoms with van der Waals surface area (Å²) in [5.74, 6) is 1.28. The molecule has 3 aromatic rings. The summed E-state index contributed by atoms with van der Waals surface area (Å²) in [6.45, 7) is 0.134. The van der Waals surface area contributed by atoms with E-state index in [2.05, 4.69) is 41.0 Å². The summed E-state index contributed by atoms with van der Waals surface area (Å²) in [7, 11) is 0. The fourth-order valence-corrected chi connectivity index (χ4v) is 1.84. The van der Waals surface area contributed by atoms with E-state index in [1.807, 2.05) is 24.3 Å². The normalized spacial score (nSPS) is 10.7. The second-order valence-corrected chi connectivity index (χ2v) is 4.67. The minimum atomic E-state index is 0.102. The molecule has 2 aromatic heterocycles. The molecule has 3 rings (SSSR count). The molecule has 0 amide bonds. The van der Waals surface area contributed by atoms with Crippen LogP contribution < -0.4 is 10.5 Å². The molecule has 0 saturated heterocycles. The molecule has 0 unspecified atom stereocenters. The highest BCUT2D eigenvalue weighted by molar-refractivity contribution is 9.10. The summed E-state index contributed by atoms with van der Waals surface area (Å²) in [5.41, 5.74) is 5.78. The number of nitrogens with two attached hydrogens (primary N) is 1. The van der Waals surface area contributed by atoms with Gasteiger partial charge in [-0.3, -0.25) is 0 Å². The first-order chi connectivity index (χ1) is 9.72. The van der Waals surface area contributed by atoms with E-state index in [4.69, 9.17) is 15.0 Å². The first-order valence-corrected chi connectivity index (χ1v) is 6.31. The van der Waals surface area contributed by atoms with E-state index >= 15 is 0 Å². The third kappa shape index (κ3) is 2.62. The van der Waals surface area contributed by atoms with Gasteiger partial charge in [0.2, 0.25) is 5.82 Å². The molecule has 0 fully saturated rings. The molecule has 1 aromatic carbocycles. The number of hydrogen-bond acceptors (Lipinski definition) is 8. The van der Waals surface area contributed by atoms with E-state index in [0.717, 1.165) is 4.47 Å². The monoisotopic (exact) mass is 337 g/mol. The van der Waals surface area contributed by atoms with Gasteiger partial charge in [-0.1, -0.05) is 27.2 Å². The van der Waals surface area contributed by atoms with Crippen LogP contribution >= 0.6 is 15.9 Å². The van der Waals surface area contributed by atoms with Crippen molar-refractivity contribution in [2.24, 2.45) is 0 Å². The number of nitrogen functional groups attached to an aromatic ring is 1. The van der Waals surface area contributed by atoms with Crippen molar-refractivity contribution in [1.82, 2.24) is 20.5 Å². The van der Waals surface area contributed by atoms with Gasteiger partial charge in [0.15, 0.2) is 18.1 Å². The number of hydrogen-bond donors (Lipinski definition) is 1. The van der Waals surface area contributed by atoms with Gasteiger partial charge in [0.25, 0.3) is 5.89 Å². The van der Waals surface area contributed by atoms with Crippen molar-refractivity contribution in [2.45, 2.75) is 6.61 Å². The molecule has 8 nitrogen and oxygen atoms in total. The third-order valence-electron chi connectivity index (χ3n) is 2.35. The quantitative estimate of drug-likeness (QED) is 0.769. The van der Waals surface area contributed by atoms with Crippen LogP contribution in [0.4, 0.5) is 5.82 Å². The Balaban J connectivity index is 1.70. The van der Waals surface area contributed by atoms with Crippen molar-refractivity contribution in [2.75, 3.05) is 5.73 Å². The summed E-state index contributed by atoms with van der Waals surface area (Å²) < 4.78 is 15.9. The Morgan fingerprint density at radius 3 is 2.90 bits per heavy atom. The van der Waals surface area contributed by atoms with Gasteiger partial charge in [0.1, 0.15) is 5.75 Å². The van der Waals surface area contributed by atoms with Gasteiger partial charge in [-0.05, 0) is 28.5 Å². The molecule has 102 valence electrons. The van der Waals surface area contributed by atoms with Crippen LogP contribution in [-0.2, 0) is 6.61 Å². The lowest BCUT2D eigenvalue weighted by molar-refractivity contribution is 0.243. The van der Waals surface area contributed by atoms with Gasteiger partial charge < -0.3 is 15.0 Å². The molecular weight excluding hydrogens is 330 g/mol. The van der Waals surface area contributed by atoms with Gasteiger partial charge in [0.05, 0.1) is 0 Å². The van der Waals surface area contributed by atoms with Crippen LogP contribution in [0.2, 0.25) is 0 Å².